The third-order valence-corrected chi connectivity index (χ3v) is 6.16. The average Bonchev–Trinajstić information content (AvgIpc) is 2.79. The second kappa shape index (κ2) is 16.3. The molecule has 0 saturated heterocycles. The van der Waals surface area contributed by atoms with E-state index in [0.29, 0.717) is 37.1 Å². The van der Waals surface area contributed by atoms with Crippen LogP contribution in [-0.2, 0) is 16.1 Å². The summed E-state index contributed by atoms with van der Waals surface area (Å²) in [6.07, 6.45) is 0.207. The van der Waals surface area contributed by atoms with Crippen LogP contribution in [0.5, 0.6) is 5.75 Å². The van der Waals surface area contributed by atoms with Gasteiger partial charge in [-0.05, 0) is 43.9 Å². The number of ether oxygens (including phenoxy) is 2. The summed E-state index contributed by atoms with van der Waals surface area (Å²) in [6, 6.07) is 5.39. The van der Waals surface area contributed by atoms with Crippen molar-refractivity contribution in [3.05, 3.63) is 28.8 Å². The molecule has 0 radical (unpaired) electrons. The van der Waals surface area contributed by atoms with E-state index in [4.69, 9.17) is 31.9 Å². The van der Waals surface area contributed by atoms with E-state index in [1.165, 1.54) is 0 Å². The Morgan fingerprint density at radius 2 is 1.94 bits per heavy atom. The lowest BCUT2D eigenvalue weighted by molar-refractivity contribution is -0.127. The lowest BCUT2D eigenvalue weighted by atomic mass is 9.87. The number of hydrogen-bond acceptors (Lipinski definition) is 7. The molecule has 0 bridgehead atoms. The minimum Gasteiger partial charge on any atom is -0.492 e. The minimum atomic E-state index is -0.835. The van der Waals surface area contributed by atoms with Crippen LogP contribution in [0, 0.1) is 11.8 Å². The average molecular weight is 502 g/mol. The van der Waals surface area contributed by atoms with E-state index in [9.17, 15) is 9.90 Å². The normalized spacial score (nSPS) is 14.5. The van der Waals surface area contributed by atoms with Crippen molar-refractivity contribution in [2.75, 3.05) is 40.0 Å². The molecule has 1 rings (SSSR count). The molecule has 196 valence electrons. The van der Waals surface area contributed by atoms with Crippen LogP contribution in [0.25, 0.3) is 0 Å². The van der Waals surface area contributed by atoms with E-state index in [2.05, 4.69) is 24.1 Å². The number of halogens is 1. The van der Waals surface area contributed by atoms with E-state index in [1.54, 1.807) is 7.11 Å². The smallest absolute Gasteiger partial charge is 0.223 e. The third-order valence-electron chi connectivity index (χ3n) is 5.85. The SMILES string of the molecule is COCCCOc1cc(CN(C[C@H](N)[C@@H](O)C[C@H](C(=O)NCCO)C(C)C)C(C)C)ccc1Cl. The number of nitrogens with zero attached hydrogens (tertiary/aromatic N) is 1. The maximum absolute atomic E-state index is 12.4. The molecule has 8 nitrogen and oxygen atoms in total. The molecule has 5 N–H and O–H groups in total. The summed E-state index contributed by atoms with van der Waals surface area (Å²) < 4.78 is 10.9. The molecule has 34 heavy (non-hydrogen) atoms. The predicted octanol–water partition coefficient (Wildman–Crippen LogP) is 2.42. The van der Waals surface area contributed by atoms with Crippen LogP contribution < -0.4 is 15.8 Å². The Bertz CT molecular complexity index is 720. The van der Waals surface area contributed by atoms with E-state index < -0.39 is 12.1 Å². The van der Waals surface area contributed by atoms with Crippen molar-refractivity contribution in [1.29, 1.82) is 0 Å². The van der Waals surface area contributed by atoms with Gasteiger partial charge >= 0.3 is 0 Å². The van der Waals surface area contributed by atoms with E-state index in [-0.39, 0.29) is 43.4 Å². The molecule has 1 aromatic carbocycles. The molecule has 0 spiro atoms. The number of rotatable bonds is 17. The van der Waals surface area contributed by atoms with Crippen molar-refractivity contribution in [1.82, 2.24) is 10.2 Å². The van der Waals surface area contributed by atoms with Gasteiger partial charge in [0.1, 0.15) is 5.75 Å². The molecule has 0 unspecified atom stereocenters. The van der Waals surface area contributed by atoms with Gasteiger partial charge in [-0.15, -0.1) is 0 Å². The summed E-state index contributed by atoms with van der Waals surface area (Å²) in [5.74, 6) is 0.125. The predicted molar refractivity (Wildman–Crippen MR) is 136 cm³/mol. The number of aliphatic hydroxyl groups excluding tert-OH is 2. The molecule has 0 fully saturated rings. The van der Waals surface area contributed by atoms with Crippen LogP contribution >= 0.6 is 11.6 Å². The maximum atomic E-state index is 12.4. The van der Waals surface area contributed by atoms with Crippen LogP contribution in [0.4, 0.5) is 0 Å². The molecular weight excluding hydrogens is 458 g/mol. The highest BCUT2D eigenvalue weighted by Crippen LogP contribution is 2.27. The second-order valence-corrected chi connectivity index (χ2v) is 9.72. The van der Waals surface area contributed by atoms with Gasteiger partial charge in [0.2, 0.25) is 5.91 Å². The second-order valence-electron chi connectivity index (χ2n) is 9.31. The van der Waals surface area contributed by atoms with Gasteiger partial charge in [0.05, 0.1) is 24.3 Å². The number of aliphatic hydroxyl groups is 2. The maximum Gasteiger partial charge on any atom is 0.223 e. The van der Waals surface area contributed by atoms with Gasteiger partial charge < -0.3 is 30.7 Å². The highest BCUT2D eigenvalue weighted by atomic mass is 35.5. The Labute approximate surface area is 209 Å². The van der Waals surface area contributed by atoms with Crippen LogP contribution in [0.2, 0.25) is 5.02 Å². The molecule has 9 heteroatoms. The summed E-state index contributed by atoms with van der Waals surface area (Å²) in [7, 11) is 1.66. The molecule has 0 aromatic heterocycles. The number of carbonyl (C=O) groups excluding carboxylic acids is 1. The monoisotopic (exact) mass is 501 g/mol. The zero-order chi connectivity index (χ0) is 25.7. The summed E-state index contributed by atoms with van der Waals surface area (Å²) in [5.41, 5.74) is 7.42. The van der Waals surface area contributed by atoms with Crippen molar-refractivity contribution in [2.45, 2.75) is 65.3 Å². The van der Waals surface area contributed by atoms with Crippen molar-refractivity contribution in [3.8, 4) is 5.75 Å². The van der Waals surface area contributed by atoms with Crippen molar-refractivity contribution in [2.24, 2.45) is 17.6 Å². The largest absolute Gasteiger partial charge is 0.492 e. The van der Waals surface area contributed by atoms with Crippen LogP contribution in [0.15, 0.2) is 18.2 Å². The van der Waals surface area contributed by atoms with Crippen molar-refractivity contribution >= 4 is 17.5 Å². The Hall–Kier alpha value is -1.42. The number of nitrogens with one attached hydrogen (secondary N) is 1. The van der Waals surface area contributed by atoms with Crippen molar-refractivity contribution < 1.29 is 24.5 Å². The van der Waals surface area contributed by atoms with Crippen LogP contribution in [0.3, 0.4) is 0 Å². The molecule has 0 aliphatic heterocycles. The molecule has 0 heterocycles. The van der Waals surface area contributed by atoms with Gasteiger partial charge in [-0.25, -0.2) is 0 Å². The van der Waals surface area contributed by atoms with Gasteiger partial charge in [-0.3, -0.25) is 9.69 Å². The topological polar surface area (TPSA) is 117 Å². The fourth-order valence-electron chi connectivity index (χ4n) is 3.65. The molecule has 0 aliphatic rings. The lowest BCUT2D eigenvalue weighted by Gasteiger charge is -2.32. The molecule has 0 aliphatic carbocycles. The number of nitrogens with two attached hydrogens (primary N) is 1. The number of hydrogen-bond donors (Lipinski definition) is 4. The summed E-state index contributed by atoms with van der Waals surface area (Å²) in [4.78, 5) is 14.6. The fourth-order valence-corrected chi connectivity index (χ4v) is 3.83. The highest BCUT2D eigenvalue weighted by Gasteiger charge is 2.29. The lowest BCUT2D eigenvalue weighted by Crippen LogP contribution is -2.48. The number of methoxy groups -OCH3 is 1. The van der Waals surface area contributed by atoms with Gasteiger partial charge in [-0.1, -0.05) is 31.5 Å². The highest BCUT2D eigenvalue weighted by molar-refractivity contribution is 6.32. The molecular formula is C25H44ClN3O5. The number of benzene rings is 1. The zero-order valence-corrected chi connectivity index (χ0v) is 22.1. The van der Waals surface area contributed by atoms with Crippen LogP contribution in [-0.4, -0.2) is 79.2 Å². The zero-order valence-electron chi connectivity index (χ0n) is 21.3. The van der Waals surface area contributed by atoms with Gasteiger partial charge in [0.15, 0.2) is 0 Å². The first-order valence-corrected chi connectivity index (χ1v) is 12.4. The number of carbonyl (C=O) groups is 1. The standard InChI is InChI=1S/C25H44ClN3O5/c1-17(2)20(25(32)28-9-10-30)14-23(31)22(27)16-29(18(3)4)15-19-7-8-21(26)24(13-19)34-12-6-11-33-5/h7-8,13,17-18,20,22-23,30-31H,6,9-12,14-16,27H2,1-5H3,(H,28,32)/t20-,22-,23-/m0/s1. The minimum absolute atomic E-state index is 0.0399. The van der Waals surface area contributed by atoms with Crippen molar-refractivity contribution in [3.63, 3.8) is 0 Å². The summed E-state index contributed by atoms with van der Waals surface area (Å²) in [5, 5.41) is 23.0. The van der Waals surface area contributed by atoms with E-state index in [0.717, 1.165) is 12.0 Å². The Kier molecular flexibility index (Phi) is 14.7. The van der Waals surface area contributed by atoms with E-state index >= 15 is 0 Å². The molecule has 3 atom stereocenters. The summed E-state index contributed by atoms with van der Waals surface area (Å²) >= 11 is 6.30. The Morgan fingerprint density at radius 1 is 1.24 bits per heavy atom. The first kappa shape index (κ1) is 30.6. The third kappa shape index (κ3) is 10.9. The van der Waals surface area contributed by atoms with Crippen LogP contribution in [0.1, 0.15) is 46.1 Å². The van der Waals surface area contributed by atoms with Gasteiger partial charge in [0, 0.05) is 57.8 Å². The first-order valence-electron chi connectivity index (χ1n) is 12.1. The Balaban J connectivity index is 2.79. The molecule has 1 aromatic rings. The first-order chi connectivity index (χ1) is 16.1. The van der Waals surface area contributed by atoms with Gasteiger partial charge in [-0.2, -0.15) is 0 Å². The van der Waals surface area contributed by atoms with Gasteiger partial charge in [0.25, 0.3) is 0 Å². The Morgan fingerprint density at radius 3 is 2.53 bits per heavy atom. The quantitative estimate of drug-likeness (QED) is 0.242. The summed E-state index contributed by atoms with van der Waals surface area (Å²) in [6.45, 7) is 10.4. The fraction of sp³-hybridized carbons (Fsp3) is 0.720. The number of amides is 1. The van der Waals surface area contributed by atoms with E-state index in [1.807, 2.05) is 32.0 Å². The molecule has 1 amide bonds. The molecule has 0 saturated carbocycles.